The molecule has 1 aliphatic rings. The summed E-state index contributed by atoms with van der Waals surface area (Å²) in [6.45, 7) is 2.89. The van der Waals surface area contributed by atoms with E-state index in [4.69, 9.17) is 9.47 Å². The molecule has 6 heteroatoms. The molecular weight excluding hydrogens is 382 g/mol. The van der Waals surface area contributed by atoms with Gasteiger partial charge in [0.2, 0.25) is 0 Å². The van der Waals surface area contributed by atoms with Crippen LogP contribution in [0.3, 0.4) is 0 Å². The van der Waals surface area contributed by atoms with Crippen LogP contribution in [-0.4, -0.2) is 49.1 Å². The zero-order chi connectivity index (χ0) is 21.5. The van der Waals surface area contributed by atoms with E-state index < -0.39 is 5.97 Å². The van der Waals surface area contributed by atoms with Gasteiger partial charge in [0.05, 0.1) is 19.8 Å². The quantitative estimate of drug-likeness (QED) is 0.676. The molecule has 0 amide bonds. The molecule has 2 aromatic carbocycles. The highest BCUT2D eigenvalue weighted by Gasteiger charge is 2.23. The fourth-order valence-electron chi connectivity index (χ4n) is 4.06. The van der Waals surface area contributed by atoms with Crippen molar-refractivity contribution < 1.29 is 24.2 Å². The van der Waals surface area contributed by atoms with Crippen LogP contribution >= 0.6 is 0 Å². The SMILES string of the molecule is COc1cc(CC(=O)CC2CCN(Cc3ccccc3)CC2)c(C(=O)O)cc1OC. The van der Waals surface area contributed by atoms with Crippen molar-refractivity contribution in [2.24, 2.45) is 5.92 Å². The summed E-state index contributed by atoms with van der Waals surface area (Å²) in [6.07, 6.45) is 2.53. The molecule has 1 N–H and O–H groups in total. The summed E-state index contributed by atoms with van der Waals surface area (Å²) >= 11 is 0. The molecule has 0 aliphatic carbocycles. The van der Waals surface area contributed by atoms with Gasteiger partial charge in [-0.25, -0.2) is 4.79 Å². The highest BCUT2D eigenvalue weighted by molar-refractivity contribution is 5.93. The molecular formula is C24H29NO5. The number of likely N-dealkylation sites (tertiary alicyclic amines) is 1. The molecule has 0 bridgehead atoms. The normalized spacial score (nSPS) is 15.0. The molecule has 6 nitrogen and oxygen atoms in total. The average Bonchev–Trinajstić information content (AvgIpc) is 2.75. The van der Waals surface area contributed by atoms with E-state index in [2.05, 4.69) is 29.2 Å². The van der Waals surface area contributed by atoms with Crippen LogP contribution in [0.25, 0.3) is 0 Å². The number of ether oxygens (including phenoxy) is 2. The van der Waals surface area contributed by atoms with Gasteiger partial charge in [-0.15, -0.1) is 0 Å². The van der Waals surface area contributed by atoms with Gasteiger partial charge in [0.1, 0.15) is 5.78 Å². The van der Waals surface area contributed by atoms with Crippen molar-refractivity contribution in [3.8, 4) is 11.5 Å². The molecule has 0 spiro atoms. The lowest BCUT2D eigenvalue weighted by atomic mass is 9.89. The number of carboxylic acid groups (broad SMARTS) is 1. The lowest BCUT2D eigenvalue weighted by Crippen LogP contribution is -2.34. The Labute approximate surface area is 177 Å². The first-order valence-corrected chi connectivity index (χ1v) is 10.3. The second-order valence-electron chi connectivity index (χ2n) is 7.79. The molecule has 0 saturated carbocycles. The first kappa shape index (κ1) is 21.8. The minimum Gasteiger partial charge on any atom is -0.493 e. The number of benzene rings is 2. The van der Waals surface area contributed by atoms with Crippen LogP contribution in [0.2, 0.25) is 0 Å². The van der Waals surface area contributed by atoms with E-state index in [1.807, 2.05) is 6.07 Å². The van der Waals surface area contributed by atoms with Crippen LogP contribution in [0.5, 0.6) is 11.5 Å². The molecule has 30 heavy (non-hydrogen) atoms. The number of methoxy groups -OCH3 is 2. The number of ketones is 1. The van der Waals surface area contributed by atoms with Gasteiger partial charge in [-0.05, 0) is 55.1 Å². The Hall–Kier alpha value is -2.86. The lowest BCUT2D eigenvalue weighted by molar-refractivity contribution is -0.119. The van der Waals surface area contributed by atoms with Crippen LogP contribution < -0.4 is 9.47 Å². The highest BCUT2D eigenvalue weighted by atomic mass is 16.5. The van der Waals surface area contributed by atoms with Gasteiger partial charge in [-0.2, -0.15) is 0 Å². The summed E-state index contributed by atoms with van der Waals surface area (Å²) < 4.78 is 10.5. The first-order chi connectivity index (χ1) is 14.5. The van der Waals surface area contributed by atoms with Gasteiger partial charge in [-0.3, -0.25) is 9.69 Å². The molecule has 0 aromatic heterocycles. The third-order valence-electron chi connectivity index (χ3n) is 5.70. The summed E-state index contributed by atoms with van der Waals surface area (Å²) in [5, 5.41) is 9.52. The van der Waals surface area contributed by atoms with Crippen molar-refractivity contribution in [1.82, 2.24) is 4.90 Å². The highest BCUT2D eigenvalue weighted by Crippen LogP contribution is 2.31. The van der Waals surface area contributed by atoms with Crippen molar-refractivity contribution in [3.63, 3.8) is 0 Å². The van der Waals surface area contributed by atoms with Crippen molar-refractivity contribution in [3.05, 3.63) is 59.2 Å². The molecule has 1 heterocycles. The number of carbonyl (C=O) groups is 2. The number of piperidine rings is 1. The monoisotopic (exact) mass is 411 g/mol. The van der Waals surface area contributed by atoms with Gasteiger partial charge in [0, 0.05) is 19.4 Å². The maximum Gasteiger partial charge on any atom is 0.336 e. The maximum absolute atomic E-state index is 12.7. The Bertz CT molecular complexity index is 873. The number of Topliss-reactive ketones (excluding diaryl/α,β-unsaturated/α-hetero) is 1. The van der Waals surface area contributed by atoms with Gasteiger partial charge in [-0.1, -0.05) is 30.3 Å². The maximum atomic E-state index is 12.7. The summed E-state index contributed by atoms with van der Waals surface area (Å²) in [5.74, 6) is 0.105. The van der Waals surface area contributed by atoms with Gasteiger partial charge in [0.15, 0.2) is 11.5 Å². The molecule has 1 fully saturated rings. The van der Waals surface area contributed by atoms with E-state index >= 15 is 0 Å². The van der Waals surface area contributed by atoms with Crippen molar-refractivity contribution in [1.29, 1.82) is 0 Å². The summed E-state index contributed by atoms with van der Waals surface area (Å²) in [7, 11) is 2.95. The summed E-state index contributed by atoms with van der Waals surface area (Å²) in [4.78, 5) is 26.8. The second-order valence-corrected chi connectivity index (χ2v) is 7.79. The zero-order valence-electron chi connectivity index (χ0n) is 17.6. The van der Waals surface area contributed by atoms with Crippen LogP contribution in [0.1, 0.15) is 40.7 Å². The number of hydrogen-bond acceptors (Lipinski definition) is 5. The Morgan fingerprint density at radius 3 is 2.27 bits per heavy atom. The van der Waals surface area contributed by atoms with Crippen LogP contribution in [0.4, 0.5) is 0 Å². The molecule has 2 aromatic rings. The van der Waals surface area contributed by atoms with Crippen LogP contribution in [0.15, 0.2) is 42.5 Å². The first-order valence-electron chi connectivity index (χ1n) is 10.3. The van der Waals surface area contributed by atoms with E-state index in [-0.39, 0.29) is 17.8 Å². The predicted molar refractivity (Wildman–Crippen MR) is 114 cm³/mol. The number of rotatable bonds is 9. The number of carbonyl (C=O) groups excluding carboxylic acids is 1. The Kier molecular flexibility index (Phi) is 7.46. The topological polar surface area (TPSA) is 76.1 Å². The standard InChI is InChI=1S/C24H29NO5/c1-29-22-14-19(21(24(27)28)15-23(22)30-2)13-20(26)12-17-8-10-25(11-9-17)16-18-6-4-3-5-7-18/h3-7,14-15,17H,8-13,16H2,1-2H3,(H,27,28). The Morgan fingerprint density at radius 1 is 1.03 bits per heavy atom. The third-order valence-corrected chi connectivity index (χ3v) is 5.70. The zero-order valence-corrected chi connectivity index (χ0v) is 17.6. The molecule has 0 radical (unpaired) electrons. The summed E-state index contributed by atoms with van der Waals surface area (Å²) in [5.41, 5.74) is 1.85. The smallest absolute Gasteiger partial charge is 0.336 e. The Morgan fingerprint density at radius 2 is 1.67 bits per heavy atom. The average molecular weight is 411 g/mol. The molecule has 1 saturated heterocycles. The van der Waals surface area contributed by atoms with Crippen LogP contribution in [0, 0.1) is 5.92 Å². The summed E-state index contributed by atoms with van der Waals surface area (Å²) in [6, 6.07) is 13.4. The van der Waals surface area contributed by atoms with Crippen molar-refractivity contribution in [2.75, 3.05) is 27.3 Å². The Balaban J connectivity index is 1.56. The fourth-order valence-corrected chi connectivity index (χ4v) is 4.06. The third kappa shape index (κ3) is 5.60. The molecule has 0 unspecified atom stereocenters. The fraction of sp³-hybridized carbons (Fsp3) is 0.417. The minimum atomic E-state index is -1.08. The van der Waals surface area contributed by atoms with E-state index in [0.29, 0.717) is 29.4 Å². The van der Waals surface area contributed by atoms with Crippen LogP contribution in [-0.2, 0) is 17.8 Å². The number of nitrogens with zero attached hydrogens (tertiary/aromatic N) is 1. The minimum absolute atomic E-state index is 0.0613. The number of hydrogen-bond donors (Lipinski definition) is 1. The lowest BCUT2D eigenvalue weighted by Gasteiger charge is -2.31. The van der Waals surface area contributed by atoms with E-state index in [1.165, 1.54) is 25.8 Å². The second kappa shape index (κ2) is 10.3. The van der Waals surface area contributed by atoms with Gasteiger partial charge >= 0.3 is 5.97 Å². The molecule has 0 atom stereocenters. The largest absolute Gasteiger partial charge is 0.493 e. The predicted octanol–water partition coefficient (Wildman–Crippen LogP) is 3.82. The van der Waals surface area contributed by atoms with Crippen molar-refractivity contribution >= 4 is 11.8 Å². The molecule has 1 aliphatic heterocycles. The van der Waals surface area contributed by atoms with E-state index in [0.717, 1.165) is 32.5 Å². The molecule has 160 valence electrons. The van der Waals surface area contributed by atoms with E-state index in [1.54, 1.807) is 6.07 Å². The van der Waals surface area contributed by atoms with Crippen molar-refractivity contribution in [2.45, 2.75) is 32.2 Å². The van der Waals surface area contributed by atoms with Gasteiger partial charge in [0.25, 0.3) is 0 Å². The molecule has 3 rings (SSSR count). The number of carboxylic acids is 1. The van der Waals surface area contributed by atoms with Gasteiger partial charge < -0.3 is 14.6 Å². The number of aromatic carboxylic acids is 1. The van der Waals surface area contributed by atoms with E-state index in [9.17, 15) is 14.7 Å².